The second-order valence-corrected chi connectivity index (χ2v) is 1.00. The van der Waals surface area contributed by atoms with E-state index in [1.54, 1.807) is 0 Å². The maximum absolute atomic E-state index is 9.41. The minimum atomic E-state index is -1.60. The van der Waals surface area contributed by atoms with Gasteiger partial charge in [-0.15, -0.1) is 0 Å². The van der Waals surface area contributed by atoms with Crippen molar-refractivity contribution < 1.29 is 10.0 Å². The average Bonchev–Trinajstić information content (AvgIpc) is 1.65. The molecule has 42 valence electrons. The monoisotopic (exact) mass is 106 g/mol. The number of hydrogen-bond acceptors (Lipinski definition) is 4. The van der Waals surface area contributed by atoms with Crippen molar-refractivity contribution in [2.24, 2.45) is 5.73 Å². The minimum absolute atomic E-state index is 0.326. The van der Waals surface area contributed by atoms with E-state index >= 15 is 0 Å². The van der Waals surface area contributed by atoms with Gasteiger partial charge < -0.3 is 10.8 Å². The zero-order valence-electron chi connectivity index (χ0n) is 3.57. The Bertz CT molecular complexity index is 73.3. The molecule has 0 rings (SSSR count). The average molecular weight is 106 g/mol. The SMILES string of the molecule is NCC(O)[N+](=O)[O-]. The molecule has 0 bridgehead atoms. The molecule has 0 saturated carbocycles. The first-order chi connectivity index (χ1) is 3.18. The van der Waals surface area contributed by atoms with Gasteiger partial charge >= 0.3 is 6.23 Å². The third kappa shape index (κ3) is 2.07. The van der Waals surface area contributed by atoms with Gasteiger partial charge in [-0.3, -0.25) is 10.1 Å². The molecule has 5 nitrogen and oxygen atoms in total. The summed E-state index contributed by atoms with van der Waals surface area (Å²) in [6, 6.07) is 0. The van der Waals surface area contributed by atoms with E-state index in [4.69, 9.17) is 5.11 Å². The zero-order valence-corrected chi connectivity index (χ0v) is 3.57. The highest BCUT2D eigenvalue weighted by molar-refractivity contribution is 4.33. The number of aliphatic hydroxyl groups is 1. The van der Waals surface area contributed by atoms with Crippen molar-refractivity contribution in [2.75, 3.05) is 6.54 Å². The fourth-order valence-electron chi connectivity index (χ4n) is 0.0861. The van der Waals surface area contributed by atoms with Gasteiger partial charge in [0, 0.05) is 0 Å². The Morgan fingerprint density at radius 2 is 2.43 bits per heavy atom. The van der Waals surface area contributed by atoms with E-state index in [2.05, 4.69) is 5.73 Å². The Kier molecular flexibility index (Phi) is 2.24. The molecule has 0 saturated heterocycles. The molecule has 3 N–H and O–H groups in total. The van der Waals surface area contributed by atoms with Crippen molar-refractivity contribution in [1.82, 2.24) is 0 Å². The highest BCUT2D eigenvalue weighted by atomic mass is 16.7. The van der Waals surface area contributed by atoms with Gasteiger partial charge in [-0.05, 0) is 0 Å². The summed E-state index contributed by atoms with van der Waals surface area (Å²) in [6.07, 6.45) is -1.60. The van der Waals surface area contributed by atoms with Crippen molar-refractivity contribution in [1.29, 1.82) is 0 Å². The number of nitro groups is 1. The summed E-state index contributed by atoms with van der Waals surface area (Å²) in [4.78, 5) is 8.56. The normalized spacial score (nSPS) is 13.4. The van der Waals surface area contributed by atoms with Crippen LogP contribution in [0.5, 0.6) is 0 Å². The van der Waals surface area contributed by atoms with Crippen LogP contribution in [-0.4, -0.2) is 22.8 Å². The predicted octanol–water partition coefficient (Wildman–Crippen LogP) is -1.46. The van der Waals surface area contributed by atoms with E-state index < -0.39 is 11.2 Å². The maximum atomic E-state index is 9.41. The molecule has 0 aromatic heterocycles. The number of nitrogens with zero attached hydrogens (tertiary/aromatic N) is 1. The smallest absolute Gasteiger partial charge is 0.325 e. The first-order valence-electron chi connectivity index (χ1n) is 1.70. The van der Waals surface area contributed by atoms with Crippen LogP contribution in [0.25, 0.3) is 0 Å². The van der Waals surface area contributed by atoms with Gasteiger partial charge in [-0.2, -0.15) is 0 Å². The molecule has 0 heterocycles. The van der Waals surface area contributed by atoms with Crippen molar-refractivity contribution in [3.8, 4) is 0 Å². The molecule has 1 atom stereocenters. The van der Waals surface area contributed by atoms with Crippen LogP contribution >= 0.6 is 0 Å². The third-order valence-corrected chi connectivity index (χ3v) is 0.454. The lowest BCUT2D eigenvalue weighted by molar-refractivity contribution is -0.566. The van der Waals surface area contributed by atoms with Gasteiger partial charge in [-0.25, -0.2) is 0 Å². The summed E-state index contributed by atoms with van der Waals surface area (Å²) in [5.74, 6) is 0. The minimum Gasteiger partial charge on any atom is -0.332 e. The molecule has 0 spiro atoms. The molecule has 0 fully saturated rings. The molecule has 5 heteroatoms. The largest absolute Gasteiger partial charge is 0.332 e. The quantitative estimate of drug-likeness (QED) is 0.256. The molecule has 7 heavy (non-hydrogen) atoms. The third-order valence-electron chi connectivity index (χ3n) is 0.454. The number of aliphatic hydroxyl groups excluding tert-OH is 1. The zero-order chi connectivity index (χ0) is 5.86. The number of rotatable bonds is 2. The van der Waals surface area contributed by atoms with Gasteiger partial charge in [0.05, 0.1) is 11.5 Å². The summed E-state index contributed by atoms with van der Waals surface area (Å²) < 4.78 is 0. The van der Waals surface area contributed by atoms with Crippen molar-refractivity contribution in [2.45, 2.75) is 6.23 Å². The van der Waals surface area contributed by atoms with E-state index in [9.17, 15) is 10.1 Å². The summed E-state index contributed by atoms with van der Waals surface area (Å²) >= 11 is 0. The van der Waals surface area contributed by atoms with Gasteiger partial charge in [0.15, 0.2) is 0 Å². The first-order valence-corrected chi connectivity index (χ1v) is 1.70. The van der Waals surface area contributed by atoms with Crippen LogP contribution in [0.1, 0.15) is 0 Å². The lowest BCUT2D eigenvalue weighted by Gasteiger charge is -1.93. The second kappa shape index (κ2) is 2.49. The highest BCUT2D eigenvalue weighted by Crippen LogP contribution is 1.75. The van der Waals surface area contributed by atoms with E-state index in [0.717, 1.165) is 0 Å². The Hall–Kier alpha value is -0.680. The summed E-state index contributed by atoms with van der Waals surface area (Å²) in [7, 11) is 0. The molecule has 0 radical (unpaired) electrons. The molecule has 0 amide bonds. The Labute approximate surface area is 39.9 Å². The van der Waals surface area contributed by atoms with Crippen molar-refractivity contribution in [3.63, 3.8) is 0 Å². The summed E-state index contributed by atoms with van der Waals surface area (Å²) in [5, 5.41) is 17.5. The van der Waals surface area contributed by atoms with Crippen LogP contribution in [0.3, 0.4) is 0 Å². The standard InChI is InChI=1S/C2H6N2O3/c3-1-2(5)4(6)7/h2,5H,1,3H2. The number of nitrogens with two attached hydrogens (primary N) is 1. The second-order valence-electron chi connectivity index (χ2n) is 1.00. The Balaban J connectivity index is 3.34. The molecule has 0 aliphatic rings. The molecule has 0 aliphatic heterocycles. The summed E-state index contributed by atoms with van der Waals surface area (Å²) in [6.45, 7) is -0.326. The molecule has 0 aliphatic carbocycles. The lowest BCUT2D eigenvalue weighted by atomic mass is 10.6. The van der Waals surface area contributed by atoms with E-state index in [1.807, 2.05) is 0 Å². The van der Waals surface area contributed by atoms with Crippen LogP contribution in [0, 0.1) is 10.1 Å². The fourth-order valence-corrected chi connectivity index (χ4v) is 0.0861. The van der Waals surface area contributed by atoms with E-state index in [-0.39, 0.29) is 6.54 Å². The Morgan fingerprint density at radius 1 is 2.00 bits per heavy atom. The first kappa shape index (κ1) is 6.32. The van der Waals surface area contributed by atoms with E-state index in [0.29, 0.717) is 0 Å². The Morgan fingerprint density at radius 3 is 2.43 bits per heavy atom. The maximum Gasteiger partial charge on any atom is 0.325 e. The van der Waals surface area contributed by atoms with Crippen LogP contribution in [-0.2, 0) is 0 Å². The molecular formula is C2H6N2O3. The molecule has 0 aromatic carbocycles. The predicted molar refractivity (Wildman–Crippen MR) is 22.1 cm³/mol. The lowest BCUT2D eigenvalue weighted by Crippen LogP contribution is -2.27. The van der Waals surface area contributed by atoms with Crippen molar-refractivity contribution >= 4 is 0 Å². The van der Waals surface area contributed by atoms with Gasteiger partial charge in [0.2, 0.25) is 0 Å². The summed E-state index contributed by atoms with van der Waals surface area (Å²) in [5.41, 5.74) is 4.68. The topological polar surface area (TPSA) is 89.4 Å². The molecule has 1 unspecified atom stereocenters. The highest BCUT2D eigenvalue weighted by Gasteiger charge is 2.09. The van der Waals surface area contributed by atoms with Crippen LogP contribution in [0.4, 0.5) is 0 Å². The molecular weight excluding hydrogens is 100 g/mol. The van der Waals surface area contributed by atoms with E-state index in [1.165, 1.54) is 0 Å². The van der Waals surface area contributed by atoms with Crippen LogP contribution in [0.15, 0.2) is 0 Å². The van der Waals surface area contributed by atoms with Gasteiger partial charge in [-0.1, -0.05) is 0 Å². The van der Waals surface area contributed by atoms with Crippen LogP contribution in [0.2, 0.25) is 0 Å². The van der Waals surface area contributed by atoms with Gasteiger partial charge in [0.25, 0.3) is 0 Å². The van der Waals surface area contributed by atoms with Crippen LogP contribution < -0.4 is 5.73 Å². The number of hydrogen-bond donors (Lipinski definition) is 2. The van der Waals surface area contributed by atoms with Gasteiger partial charge in [0.1, 0.15) is 0 Å². The van der Waals surface area contributed by atoms with Crippen molar-refractivity contribution in [3.05, 3.63) is 10.1 Å². The molecule has 0 aromatic rings. The fraction of sp³-hybridized carbons (Fsp3) is 1.00.